The van der Waals surface area contributed by atoms with Crippen molar-refractivity contribution in [1.29, 1.82) is 0 Å². The summed E-state index contributed by atoms with van der Waals surface area (Å²) >= 11 is 0. The van der Waals surface area contributed by atoms with E-state index in [0.717, 1.165) is 5.56 Å². The Morgan fingerprint density at radius 3 is 2.50 bits per heavy atom. The molecule has 0 aliphatic carbocycles. The van der Waals surface area contributed by atoms with E-state index in [9.17, 15) is 9.59 Å². The molecule has 0 spiro atoms. The van der Waals surface area contributed by atoms with Crippen LogP contribution in [0.3, 0.4) is 0 Å². The Hall–Kier alpha value is -2.18. The van der Waals surface area contributed by atoms with Crippen molar-refractivity contribution in [3.63, 3.8) is 0 Å². The fourth-order valence-corrected chi connectivity index (χ4v) is 3.03. The van der Waals surface area contributed by atoms with Crippen molar-refractivity contribution in [3.05, 3.63) is 48.6 Å². The van der Waals surface area contributed by atoms with Gasteiger partial charge in [0, 0.05) is 20.3 Å². The Morgan fingerprint density at radius 1 is 1.19 bits per heavy atom. The van der Waals surface area contributed by atoms with E-state index in [4.69, 9.17) is 18.9 Å². The van der Waals surface area contributed by atoms with Crippen LogP contribution in [0.1, 0.15) is 32.3 Å². The van der Waals surface area contributed by atoms with E-state index in [1.54, 1.807) is 6.08 Å². The molecule has 0 N–H and O–H groups in total. The van der Waals surface area contributed by atoms with Crippen LogP contribution in [0.4, 0.5) is 0 Å². The predicted octanol–water partition coefficient (Wildman–Crippen LogP) is 2.80. The van der Waals surface area contributed by atoms with E-state index in [-0.39, 0.29) is 6.10 Å². The average molecular weight is 362 g/mol. The first kappa shape index (κ1) is 20.1. The number of rotatable bonds is 8. The van der Waals surface area contributed by atoms with Gasteiger partial charge in [-0.25, -0.2) is 0 Å². The van der Waals surface area contributed by atoms with Gasteiger partial charge in [0.05, 0.1) is 19.3 Å². The third-order valence-corrected chi connectivity index (χ3v) is 4.03. The van der Waals surface area contributed by atoms with Crippen molar-refractivity contribution < 1.29 is 28.5 Å². The third-order valence-electron chi connectivity index (χ3n) is 4.03. The Bertz CT molecular complexity index is 600. The van der Waals surface area contributed by atoms with E-state index in [1.807, 2.05) is 30.3 Å². The molecule has 0 unspecified atom stereocenters. The van der Waals surface area contributed by atoms with Crippen LogP contribution in [0, 0.1) is 0 Å². The number of carbonyl (C=O) groups excluding carboxylic acids is 2. The zero-order valence-corrected chi connectivity index (χ0v) is 15.3. The zero-order valence-electron chi connectivity index (χ0n) is 15.3. The first-order valence-corrected chi connectivity index (χ1v) is 8.72. The number of ether oxygens (including phenoxy) is 4. The predicted molar refractivity (Wildman–Crippen MR) is 95.3 cm³/mol. The van der Waals surface area contributed by atoms with Crippen molar-refractivity contribution in [2.75, 3.05) is 6.61 Å². The molecule has 0 saturated carbocycles. The van der Waals surface area contributed by atoms with Crippen LogP contribution in [0.2, 0.25) is 0 Å². The van der Waals surface area contributed by atoms with Gasteiger partial charge in [0.1, 0.15) is 12.2 Å². The standard InChI is InChI=1S/C20H26O6/c1-4-8-18-20(25-15(3)22)19(24-14(2)21)11-17(26-18)13-23-12-16-9-6-5-7-10-16/h4-7,9-10,17-20H,1,8,11-13H2,2-3H3/t17-,18-,19-,20+/m1/s1. The van der Waals surface area contributed by atoms with E-state index < -0.39 is 30.3 Å². The maximum absolute atomic E-state index is 11.5. The zero-order chi connectivity index (χ0) is 18.9. The number of benzene rings is 1. The van der Waals surface area contributed by atoms with Gasteiger partial charge in [-0.1, -0.05) is 36.4 Å². The maximum atomic E-state index is 11.5. The highest BCUT2D eigenvalue weighted by atomic mass is 16.6. The summed E-state index contributed by atoms with van der Waals surface area (Å²) in [7, 11) is 0. The van der Waals surface area contributed by atoms with Crippen LogP contribution in [0.5, 0.6) is 0 Å². The minimum absolute atomic E-state index is 0.264. The van der Waals surface area contributed by atoms with Gasteiger partial charge in [-0.05, 0) is 12.0 Å². The molecule has 1 saturated heterocycles. The molecule has 0 amide bonds. The second-order valence-corrected chi connectivity index (χ2v) is 6.28. The molecule has 6 heteroatoms. The van der Waals surface area contributed by atoms with E-state index in [2.05, 4.69) is 6.58 Å². The second kappa shape index (κ2) is 10.1. The summed E-state index contributed by atoms with van der Waals surface area (Å²) in [6, 6.07) is 9.83. The Balaban J connectivity index is 2.00. The van der Waals surface area contributed by atoms with Gasteiger partial charge in [-0.15, -0.1) is 6.58 Å². The lowest BCUT2D eigenvalue weighted by atomic mass is 9.95. The van der Waals surface area contributed by atoms with Gasteiger partial charge in [0.15, 0.2) is 6.10 Å². The first-order chi connectivity index (χ1) is 12.5. The van der Waals surface area contributed by atoms with Gasteiger partial charge in [0.2, 0.25) is 0 Å². The van der Waals surface area contributed by atoms with Crippen LogP contribution in [0.15, 0.2) is 43.0 Å². The monoisotopic (exact) mass is 362 g/mol. The highest BCUT2D eigenvalue weighted by molar-refractivity contribution is 5.67. The minimum Gasteiger partial charge on any atom is -0.458 e. The summed E-state index contributed by atoms with van der Waals surface area (Å²) < 4.78 is 22.5. The number of carbonyl (C=O) groups is 2. The van der Waals surface area contributed by atoms with Crippen LogP contribution in [-0.4, -0.2) is 43.0 Å². The summed E-state index contributed by atoms with van der Waals surface area (Å²) in [5, 5.41) is 0. The van der Waals surface area contributed by atoms with E-state index >= 15 is 0 Å². The summed E-state index contributed by atoms with van der Waals surface area (Å²) in [6.45, 7) is 7.21. The molecule has 1 aliphatic rings. The normalized spacial score (nSPS) is 25.3. The topological polar surface area (TPSA) is 71.1 Å². The Kier molecular flexibility index (Phi) is 7.81. The van der Waals surface area contributed by atoms with Crippen molar-refractivity contribution in [2.24, 2.45) is 0 Å². The SMILES string of the molecule is C=CC[C@H]1O[C@@H](COCc2ccccc2)C[C@@H](OC(C)=O)[C@H]1OC(C)=O. The maximum Gasteiger partial charge on any atom is 0.303 e. The van der Waals surface area contributed by atoms with Crippen LogP contribution in [-0.2, 0) is 35.1 Å². The fourth-order valence-electron chi connectivity index (χ4n) is 3.03. The molecule has 1 fully saturated rings. The average Bonchev–Trinajstić information content (AvgIpc) is 2.58. The van der Waals surface area contributed by atoms with E-state index in [1.165, 1.54) is 13.8 Å². The minimum atomic E-state index is -0.653. The molecule has 4 atom stereocenters. The highest BCUT2D eigenvalue weighted by Crippen LogP contribution is 2.28. The lowest BCUT2D eigenvalue weighted by molar-refractivity contribution is -0.212. The molecule has 0 bridgehead atoms. The molecule has 1 aromatic rings. The lowest BCUT2D eigenvalue weighted by Crippen LogP contribution is -2.52. The van der Waals surface area contributed by atoms with Crippen LogP contribution < -0.4 is 0 Å². The molecule has 1 aliphatic heterocycles. The number of hydrogen-bond donors (Lipinski definition) is 0. The van der Waals surface area contributed by atoms with Gasteiger partial charge in [0.25, 0.3) is 0 Å². The van der Waals surface area contributed by atoms with Gasteiger partial charge < -0.3 is 18.9 Å². The Morgan fingerprint density at radius 2 is 1.88 bits per heavy atom. The molecule has 142 valence electrons. The molecule has 0 aromatic heterocycles. The largest absolute Gasteiger partial charge is 0.458 e. The lowest BCUT2D eigenvalue weighted by Gasteiger charge is -2.40. The summed E-state index contributed by atoms with van der Waals surface area (Å²) in [5.74, 6) is -0.862. The molecular weight excluding hydrogens is 336 g/mol. The molecular formula is C20H26O6. The molecule has 0 radical (unpaired) electrons. The molecule has 6 nitrogen and oxygen atoms in total. The van der Waals surface area contributed by atoms with E-state index in [0.29, 0.717) is 26.1 Å². The summed E-state index contributed by atoms with van der Waals surface area (Å²) in [5.41, 5.74) is 1.07. The smallest absolute Gasteiger partial charge is 0.303 e. The van der Waals surface area contributed by atoms with Crippen molar-refractivity contribution in [3.8, 4) is 0 Å². The summed E-state index contributed by atoms with van der Waals surface area (Å²) in [6.07, 6.45) is 0.657. The van der Waals surface area contributed by atoms with Crippen molar-refractivity contribution in [2.45, 2.75) is 57.7 Å². The molecule has 26 heavy (non-hydrogen) atoms. The molecule has 1 aromatic carbocycles. The van der Waals surface area contributed by atoms with Crippen molar-refractivity contribution >= 4 is 11.9 Å². The van der Waals surface area contributed by atoms with Crippen LogP contribution >= 0.6 is 0 Å². The molecule has 1 heterocycles. The number of hydrogen-bond acceptors (Lipinski definition) is 6. The highest BCUT2D eigenvalue weighted by Gasteiger charge is 2.42. The fraction of sp³-hybridized carbons (Fsp3) is 0.500. The Labute approximate surface area is 154 Å². The first-order valence-electron chi connectivity index (χ1n) is 8.72. The number of esters is 2. The molecule has 2 rings (SSSR count). The van der Waals surface area contributed by atoms with Gasteiger partial charge >= 0.3 is 11.9 Å². The summed E-state index contributed by atoms with van der Waals surface area (Å²) in [4.78, 5) is 22.9. The van der Waals surface area contributed by atoms with Crippen molar-refractivity contribution in [1.82, 2.24) is 0 Å². The third kappa shape index (κ3) is 6.28. The van der Waals surface area contributed by atoms with Gasteiger partial charge in [-0.2, -0.15) is 0 Å². The van der Waals surface area contributed by atoms with Gasteiger partial charge in [-0.3, -0.25) is 9.59 Å². The quantitative estimate of drug-likeness (QED) is 0.523. The second-order valence-electron chi connectivity index (χ2n) is 6.28. The van der Waals surface area contributed by atoms with Crippen LogP contribution in [0.25, 0.3) is 0 Å².